The SMILES string of the molecule is CCC(C)OC(COCC(OC(C)CC)OC(C)CC)OC(C)CC. The van der Waals surface area contributed by atoms with Crippen LogP contribution in [0.25, 0.3) is 0 Å². The molecule has 5 heteroatoms. The van der Waals surface area contributed by atoms with E-state index < -0.39 is 0 Å². The summed E-state index contributed by atoms with van der Waals surface area (Å²) in [7, 11) is 0. The van der Waals surface area contributed by atoms with Crippen LogP contribution in [0, 0.1) is 0 Å². The second kappa shape index (κ2) is 14.9. The van der Waals surface area contributed by atoms with Crippen LogP contribution in [0.1, 0.15) is 81.1 Å². The van der Waals surface area contributed by atoms with Crippen LogP contribution in [0.2, 0.25) is 0 Å². The molecule has 0 bridgehead atoms. The van der Waals surface area contributed by atoms with Gasteiger partial charge in [-0.3, -0.25) is 0 Å². The summed E-state index contributed by atoms with van der Waals surface area (Å²) in [6.45, 7) is 17.3. The van der Waals surface area contributed by atoms with Crippen molar-refractivity contribution in [2.75, 3.05) is 13.2 Å². The van der Waals surface area contributed by atoms with Crippen LogP contribution < -0.4 is 0 Å². The van der Waals surface area contributed by atoms with Crippen molar-refractivity contribution in [2.45, 2.75) is 118 Å². The molecule has 152 valence electrons. The molecule has 25 heavy (non-hydrogen) atoms. The molecule has 0 aromatic rings. The van der Waals surface area contributed by atoms with Gasteiger partial charge in [0.15, 0.2) is 12.6 Å². The third-order valence-corrected chi connectivity index (χ3v) is 4.34. The van der Waals surface area contributed by atoms with Crippen molar-refractivity contribution >= 4 is 0 Å². The summed E-state index contributed by atoms with van der Waals surface area (Å²) in [5, 5.41) is 0. The lowest BCUT2D eigenvalue weighted by Gasteiger charge is -2.27. The first-order valence-electron chi connectivity index (χ1n) is 10.1. The highest BCUT2D eigenvalue weighted by Crippen LogP contribution is 2.12. The van der Waals surface area contributed by atoms with Crippen molar-refractivity contribution in [3.63, 3.8) is 0 Å². The minimum Gasteiger partial charge on any atom is -0.371 e. The molecule has 0 aromatic carbocycles. The summed E-state index contributed by atoms with van der Waals surface area (Å²) < 4.78 is 29.6. The van der Waals surface area contributed by atoms with E-state index >= 15 is 0 Å². The highest BCUT2D eigenvalue weighted by atomic mass is 16.7. The largest absolute Gasteiger partial charge is 0.371 e. The first-order valence-corrected chi connectivity index (χ1v) is 10.1. The van der Waals surface area contributed by atoms with E-state index in [1.165, 1.54) is 0 Å². The molecule has 0 amide bonds. The van der Waals surface area contributed by atoms with Crippen LogP contribution in [-0.4, -0.2) is 50.2 Å². The molecule has 0 aromatic heterocycles. The zero-order valence-electron chi connectivity index (χ0n) is 17.7. The van der Waals surface area contributed by atoms with Gasteiger partial charge < -0.3 is 23.7 Å². The summed E-state index contributed by atoms with van der Waals surface area (Å²) in [5.74, 6) is 0. The predicted molar refractivity (Wildman–Crippen MR) is 102 cm³/mol. The molecule has 4 unspecified atom stereocenters. The van der Waals surface area contributed by atoms with Crippen LogP contribution >= 0.6 is 0 Å². The van der Waals surface area contributed by atoms with Crippen molar-refractivity contribution in [2.24, 2.45) is 0 Å². The van der Waals surface area contributed by atoms with Gasteiger partial charge in [0, 0.05) is 0 Å². The lowest BCUT2D eigenvalue weighted by molar-refractivity contribution is -0.240. The Hall–Kier alpha value is -0.200. The normalized spacial score (nSPS) is 19.2. The van der Waals surface area contributed by atoms with Crippen molar-refractivity contribution in [3.8, 4) is 0 Å². The van der Waals surface area contributed by atoms with E-state index in [1.54, 1.807) is 0 Å². The predicted octanol–water partition coefficient (Wildman–Crippen LogP) is 4.92. The third kappa shape index (κ3) is 12.7. The van der Waals surface area contributed by atoms with E-state index in [4.69, 9.17) is 23.7 Å². The Balaban J connectivity index is 4.52. The summed E-state index contributed by atoms with van der Waals surface area (Å²) in [4.78, 5) is 0. The van der Waals surface area contributed by atoms with Crippen LogP contribution in [0.4, 0.5) is 0 Å². The molecule has 0 radical (unpaired) electrons. The summed E-state index contributed by atoms with van der Waals surface area (Å²) in [5.41, 5.74) is 0. The number of rotatable bonds is 16. The molecule has 0 fully saturated rings. The summed E-state index contributed by atoms with van der Waals surface area (Å²) in [6, 6.07) is 0. The van der Waals surface area contributed by atoms with Crippen LogP contribution in [0.3, 0.4) is 0 Å². The highest BCUT2D eigenvalue weighted by molar-refractivity contribution is 4.57. The number of hydrogen-bond donors (Lipinski definition) is 0. The fraction of sp³-hybridized carbons (Fsp3) is 1.00. The van der Waals surface area contributed by atoms with Gasteiger partial charge in [0.25, 0.3) is 0 Å². The molecule has 0 N–H and O–H groups in total. The van der Waals surface area contributed by atoms with Gasteiger partial charge in [-0.25, -0.2) is 0 Å². The van der Waals surface area contributed by atoms with Crippen LogP contribution in [-0.2, 0) is 23.7 Å². The van der Waals surface area contributed by atoms with Gasteiger partial charge in [-0.1, -0.05) is 27.7 Å². The maximum absolute atomic E-state index is 5.93. The fourth-order valence-corrected chi connectivity index (χ4v) is 1.90. The van der Waals surface area contributed by atoms with Crippen molar-refractivity contribution in [1.82, 2.24) is 0 Å². The Morgan fingerprint density at radius 2 is 0.720 bits per heavy atom. The Labute approximate surface area is 155 Å². The number of hydrogen-bond acceptors (Lipinski definition) is 5. The van der Waals surface area contributed by atoms with Crippen LogP contribution in [0.15, 0.2) is 0 Å². The van der Waals surface area contributed by atoms with Crippen molar-refractivity contribution < 1.29 is 23.7 Å². The summed E-state index contributed by atoms with van der Waals surface area (Å²) >= 11 is 0. The van der Waals surface area contributed by atoms with E-state index in [-0.39, 0.29) is 37.0 Å². The first kappa shape index (κ1) is 24.8. The average Bonchev–Trinajstić information content (AvgIpc) is 2.60. The number of ether oxygens (including phenoxy) is 5. The molecule has 0 saturated carbocycles. The molecule has 5 nitrogen and oxygen atoms in total. The van der Waals surface area contributed by atoms with Gasteiger partial charge in [0.05, 0.1) is 37.6 Å². The molecular weight excluding hydrogens is 320 g/mol. The van der Waals surface area contributed by atoms with Gasteiger partial charge >= 0.3 is 0 Å². The second-order valence-corrected chi connectivity index (χ2v) is 6.82. The van der Waals surface area contributed by atoms with Gasteiger partial charge in [0.2, 0.25) is 0 Å². The van der Waals surface area contributed by atoms with Gasteiger partial charge in [-0.2, -0.15) is 0 Å². The van der Waals surface area contributed by atoms with E-state index in [9.17, 15) is 0 Å². The standard InChI is InChI=1S/C20H42O5/c1-9-15(5)22-19(23-16(6)10-2)13-21-14-20(24-17(7)11-3)25-18(8)12-4/h15-20H,9-14H2,1-8H3. The molecule has 0 saturated heterocycles. The second-order valence-electron chi connectivity index (χ2n) is 6.82. The van der Waals surface area contributed by atoms with E-state index in [0.29, 0.717) is 13.2 Å². The molecule has 0 aliphatic heterocycles. The molecule has 4 atom stereocenters. The zero-order valence-corrected chi connectivity index (χ0v) is 17.7. The topological polar surface area (TPSA) is 46.2 Å². The smallest absolute Gasteiger partial charge is 0.181 e. The average molecular weight is 363 g/mol. The summed E-state index contributed by atoms with van der Waals surface area (Å²) in [6.07, 6.45) is 3.60. The van der Waals surface area contributed by atoms with Gasteiger partial charge in [0.1, 0.15) is 0 Å². The lowest BCUT2D eigenvalue weighted by Crippen LogP contribution is -2.34. The van der Waals surface area contributed by atoms with Gasteiger partial charge in [-0.05, 0) is 53.4 Å². The Morgan fingerprint density at radius 3 is 0.920 bits per heavy atom. The lowest BCUT2D eigenvalue weighted by atomic mass is 10.3. The first-order chi connectivity index (χ1) is 11.9. The quantitative estimate of drug-likeness (QED) is 0.365. The van der Waals surface area contributed by atoms with Crippen LogP contribution in [0.5, 0.6) is 0 Å². The molecule has 0 heterocycles. The highest BCUT2D eigenvalue weighted by Gasteiger charge is 2.20. The molecule has 0 aliphatic carbocycles. The molecule has 0 spiro atoms. The fourth-order valence-electron chi connectivity index (χ4n) is 1.90. The maximum Gasteiger partial charge on any atom is 0.181 e. The Morgan fingerprint density at radius 1 is 0.480 bits per heavy atom. The van der Waals surface area contributed by atoms with E-state index in [2.05, 4.69) is 27.7 Å². The maximum atomic E-state index is 5.93. The van der Waals surface area contributed by atoms with Gasteiger partial charge in [-0.15, -0.1) is 0 Å². The zero-order chi connectivity index (χ0) is 19.2. The van der Waals surface area contributed by atoms with E-state index in [0.717, 1.165) is 25.7 Å². The van der Waals surface area contributed by atoms with E-state index in [1.807, 2.05) is 27.7 Å². The molecular formula is C20H42O5. The van der Waals surface area contributed by atoms with Crippen molar-refractivity contribution in [3.05, 3.63) is 0 Å². The van der Waals surface area contributed by atoms with Crippen molar-refractivity contribution in [1.29, 1.82) is 0 Å². The molecule has 0 rings (SSSR count). The Bertz CT molecular complexity index is 248. The minimum absolute atomic E-state index is 0.140. The monoisotopic (exact) mass is 362 g/mol. The Kier molecular flexibility index (Phi) is 14.8. The minimum atomic E-state index is -0.363. The third-order valence-electron chi connectivity index (χ3n) is 4.34. The molecule has 0 aliphatic rings.